The molecule has 3 aromatic rings. The van der Waals surface area contributed by atoms with Crippen molar-refractivity contribution in [1.82, 2.24) is 24.8 Å². The Morgan fingerprint density at radius 1 is 1.38 bits per heavy atom. The average Bonchev–Trinajstić information content (AvgIpc) is 3.33. The molecule has 1 N–H and O–H groups in total. The van der Waals surface area contributed by atoms with Gasteiger partial charge in [0, 0.05) is 12.7 Å². The molecule has 124 valence electrons. The maximum Gasteiger partial charge on any atom is 0.318 e. The second kappa shape index (κ2) is 6.24. The molecule has 0 saturated carbocycles. The number of thiophene rings is 1. The van der Waals surface area contributed by atoms with Crippen molar-refractivity contribution in [2.75, 3.05) is 6.54 Å². The number of carbonyl (C=O) groups is 1. The average molecular weight is 341 g/mol. The van der Waals surface area contributed by atoms with E-state index < -0.39 is 0 Å². The molecule has 0 bridgehead atoms. The van der Waals surface area contributed by atoms with Gasteiger partial charge in [0.1, 0.15) is 0 Å². The first-order chi connectivity index (χ1) is 11.7. The van der Waals surface area contributed by atoms with E-state index in [0.717, 1.165) is 30.9 Å². The van der Waals surface area contributed by atoms with Crippen LogP contribution in [0.25, 0.3) is 5.65 Å². The number of hydrogen-bond donors (Lipinski definition) is 1. The molecule has 0 aromatic carbocycles. The van der Waals surface area contributed by atoms with Crippen molar-refractivity contribution in [3.8, 4) is 0 Å². The Morgan fingerprint density at radius 2 is 2.29 bits per heavy atom. The van der Waals surface area contributed by atoms with Crippen LogP contribution in [0, 0.1) is 0 Å². The first kappa shape index (κ1) is 15.1. The summed E-state index contributed by atoms with van der Waals surface area (Å²) in [5.74, 6) is 0.741. The van der Waals surface area contributed by atoms with Crippen molar-refractivity contribution in [2.45, 2.75) is 31.8 Å². The number of amides is 2. The summed E-state index contributed by atoms with van der Waals surface area (Å²) in [6.45, 7) is 2.73. The molecule has 7 heteroatoms. The van der Waals surface area contributed by atoms with Gasteiger partial charge in [-0.15, -0.1) is 10.2 Å². The molecule has 6 nitrogen and oxygen atoms in total. The summed E-state index contributed by atoms with van der Waals surface area (Å²) in [5, 5.41) is 15.6. The van der Waals surface area contributed by atoms with Gasteiger partial charge in [0.15, 0.2) is 11.5 Å². The first-order valence-electron chi connectivity index (χ1n) is 8.13. The summed E-state index contributed by atoms with van der Waals surface area (Å²) in [6.07, 6.45) is 3.97. The molecule has 2 amide bonds. The van der Waals surface area contributed by atoms with E-state index in [1.165, 1.54) is 5.56 Å². The number of aromatic nitrogens is 3. The van der Waals surface area contributed by atoms with Crippen LogP contribution in [0.4, 0.5) is 4.79 Å². The Morgan fingerprint density at radius 3 is 3.12 bits per heavy atom. The van der Waals surface area contributed by atoms with Crippen LogP contribution in [-0.2, 0) is 0 Å². The van der Waals surface area contributed by atoms with Gasteiger partial charge in [0.2, 0.25) is 0 Å². The molecular weight excluding hydrogens is 322 g/mol. The van der Waals surface area contributed by atoms with Crippen LogP contribution < -0.4 is 5.32 Å². The Kier molecular flexibility index (Phi) is 3.93. The molecule has 3 aromatic heterocycles. The zero-order valence-electron chi connectivity index (χ0n) is 13.4. The van der Waals surface area contributed by atoms with E-state index in [-0.39, 0.29) is 18.1 Å². The molecule has 1 aliphatic rings. The smallest absolute Gasteiger partial charge is 0.318 e. The van der Waals surface area contributed by atoms with Gasteiger partial charge >= 0.3 is 6.03 Å². The minimum atomic E-state index is -0.210. The molecule has 0 aliphatic carbocycles. The molecule has 0 unspecified atom stereocenters. The lowest BCUT2D eigenvalue weighted by Gasteiger charge is -2.26. The summed E-state index contributed by atoms with van der Waals surface area (Å²) in [7, 11) is 0. The summed E-state index contributed by atoms with van der Waals surface area (Å²) >= 11 is 1.67. The number of carbonyl (C=O) groups excluding carboxylic acids is 1. The molecule has 0 radical (unpaired) electrons. The fourth-order valence-corrected chi connectivity index (χ4v) is 4.02. The second-order valence-electron chi connectivity index (χ2n) is 6.07. The van der Waals surface area contributed by atoms with Crippen molar-refractivity contribution in [2.24, 2.45) is 0 Å². The van der Waals surface area contributed by atoms with E-state index >= 15 is 0 Å². The second-order valence-corrected chi connectivity index (χ2v) is 6.85. The topological polar surface area (TPSA) is 62.5 Å². The number of hydrogen-bond acceptors (Lipinski definition) is 4. The van der Waals surface area contributed by atoms with E-state index in [4.69, 9.17) is 0 Å². The van der Waals surface area contributed by atoms with Crippen molar-refractivity contribution in [3.63, 3.8) is 0 Å². The first-order valence-corrected chi connectivity index (χ1v) is 9.07. The summed E-state index contributed by atoms with van der Waals surface area (Å²) < 4.78 is 1.91. The van der Waals surface area contributed by atoms with Crippen LogP contribution in [0.5, 0.6) is 0 Å². The van der Waals surface area contributed by atoms with E-state index in [9.17, 15) is 4.79 Å². The molecule has 1 saturated heterocycles. The number of likely N-dealkylation sites (tertiary alicyclic amines) is 1. The van der Waals surface area contributed by atoms with Crippen LogP contribution in [0.15, 0.2) is 41.2 Å². The van der Waals surface area contributed by atoms with E-state index in [0.29, 0.717) is 0 Å². The quantitative estimate of drug-likeness (QED) is 0.794. The van der Waals surface area contributed by atoms with E-state index in [1.807, 2.05) is 40.6 Å². The molecule has 0 spiro atoms. The Hall–Kier alpha value is -2.41. The van der Waals surface area contributed by atoms with Crippen LogP contribution >= 0.6 is 11.3 Å². The highest BCUT2D eigenvalue weighted by molar-refractivity contribution is 7.07. The van der Waals surface area contributed by atoms with Gasteiger partial charge < -0.3 is 10.2 Å². The van der Waals surface area contributed by atoms with E-state index in [2.05, 4.69) is 32.3 Å². The number of rotatable bonds is 3. The highest BCUT2D eigenvalue weighted by Gasteiger charge is 2.31. The fraction of sp³-hybridized carbons (Fsp3) is 0.353. The lowest BCUT2D eigenvalue weighted by molar-refractivity contribution is 0.189. The minimum Gasteiger partial charge on any atom is -0.328 e. The van der Waals surface area contributed by atoms with Crippen LogP contribution in [0.2, 0.25) is 0 Å². The lowest BCUT2D eigenvalue weighted by Crippen LogP contribution is -2.40. The number of nitrogens with zero attached hydrogens (tertiary/aromatic N) is 4. The Bertz CT molecular complexity index is 844. The number of fused-ring (bicyclic) bond motifs is 1. The van der Waals surface area contributed by atoms with Gasteiger partial charge in [-0.25, -0.2) is 4.79 Å². The SMILES string of the molecule is C[C@H](NC(=O)N1CCC[C@@H]1c1ccsc1)c1nnc2ccccn12. The minimum absolute atomic E-state index is 0.0381. The molecule has 24 heavy (non-hydrogen) atoms. The van der Waals surface area contributed by atoms with Crippen molar-refractivity contribution in [1.29, 1.82) is 0 Å². The number of pyridine rings is 1. The van der Waals surface area contributed by atoms with Gasteiger partial charge in [0.25, 0.3) is 0 Å². The van der Waals surface area contributed by atoms with Gasteiger partial charge in [0.05, 0.1) is 12.1 Å². The fourth-order valence-electron chi connectivity index (χ4n) is 3.31. The number of urea groups is 1. The summed E-state index contributed by atoms with van der Waals surface area (Å²) in [4.78, 5) is 14.7. The summed E-state index contributed by atoms with van der Waals surface area (Å²) in [6, 6.07) is 7.80. The van der Waals surface area contributed by atoms with Gasteiger partial charge in [-0.1, -0.05) is 6.07 Å². The van der Waals surface area contributed by atoms with Crippen molar-refractivity contribution >= 4 is 23.0 Å². The standard InChI is InChI=1S/C17H19N5OS/c1-12(16-20-19-15-6-2-3-8-22(15)16)18-17(23)21-9-4-5-14(21)13-7-10-24-11-13/h2-3,6-8,10-12,14H,4-5,9H2,1H3,(H,18,23)/t12-,14+/m0/s1. The summed E-state index contributed by atoms with van der Waals surface area (Å²) in [5.41, 5.74) is 2.01. The van der Waals surface area contributed by atoms with Crippen LogP contribution in [0.3, 0.4) is 0 Å². The largest absolute Gasteiger partial charge is 0.328 e. The van der Waals surface area contributed by atoms with Gasteiger partial charge in [-0.2, -0.15) is 11.3 Å². The Balaban J connectivity index is 1.51. The Labute approximate surface area is 144 Å². The molecule has 2 atom stereocenters. The maximum atomic E-state index is 12.8. The molecule has 1 aliphatic heterocycles. The predicted octanol–water partition coefficient (Wildman–Crippen LogP) is 3.40. The van der Waals surface area contributed by atoms with Crippen molar-refractivity contribution < 1.29 is 4.79 Å². The third kappa shape index (κ3) is 2.65. The van der Waals surface area contributed by atoms with Crippen molar-refractivity contribution in [3.05, 3.63) is 52.6 Å². The lowest BCUT2D eigenvalue weighted by atomic mass is 10.1. The van der Waals surface area contributed by atoms with Crippen LogP contribution in [-0.4, -0.2) is 32.1 Å². The highest BCUT2D eigenvalue weighted by atomic mass is 32.1. The maximum absolute atomic E-state index is 12.8. The monoisotopic (exact) mass is 341 g/mol. The number of nitrogens with one attached hydrogen (secondary N) is 1. The highest BCUT2D eigenvalue weighted by Crippen LogP contribution is 2.33. The predicted molar refractivity (Wildman–Crippen MR) is 92.9 cm³/mol. The third-order valence-corrected chi connectivity index (χ3v) is 5.21. The third-order valence-electron chi connectivity index (χ3n) is 4.51. The zero-order chi connectivity index (χ0) is 16.5. The normalized spacial score (nSPS) is 18.9. The van der Waals surface area contributed by atoms with E-state index in [1.54, 1.807) is 11.3 Å². The molecule has 4 heterocycles. The molecule has 4 rings (SSSR count). The zero-order valence-corrected chi connectivity index (χ0v) is 14.2. The molecular formula is C17H19N5OS. The molecule has 1 fully saturated rings. The van der Waals surface area contributed by atoms with Gasteiger partial charge in [-0.05, 0) is 54.3 Å². The van der Waals surface area contributed by atoms with Gasteiger partial charge in [-0.3, -0.25) is 4.40 Å². The van der Waals surface area contributed by atoms with Crippen LogP contribution in [0.1, 0.15) is 43.2 Å².